The Morgan fingerprint density at radius 2 is 1.81 bits per heavy atom. The van der Waals surface area contributed by atoms with E-state index in [0.29, 0.717) is 5.56 Å². The first kappa shape index (κ1) is 24.6. The fourth-order valence-electron chi connectivity index (χ4n) is 4.36. The van der Waals surface area contributed by atoms with Gasteiger partial charge in [-0.1, -0.05) is 52.1 Å². The fourth-order valence-corrected chi connectivity index (χ4v) is 10.6. The van der Waals surface area contributed by atoms with E-state index in [1.807, 2.05) is 0 Å². The molecular formula is C22H32N2O6SSi. The van der Waals surface area contributed by atoms with Gasteiger partial charge in [-0.2, -0.15) is 0 Å². The number of aromatic nitrogens is 2. The van der Waals surface area contributed by atoms with Gasteiger partial charge in [0.25, 0.3) is 5.56 Å². The van der Waals surface area contributed by atoms with Crippen LogP contribution in [0.4, 0.5) is 0 Å². The van der Waals surface area contributed by atoms with Crippen molar-refractivity contribution in [1.29, 1.82) is 0 Å². The molecule has 3 rings (SSSR count). The molecule has 1 aromatic carbocycles. The van der Waals surface area contributed by atoms with E-state index in [0.717, 1.165) is 0 Å². The second kappa shape index (κ2) is 8.09. The Morgan fingerprint density at radius 1 is 1.22 bits per heavy atom. The molecular weight excluding hydrogens is 448 g/mol. The van der Waals surface area contributed by atoms with Gasteiger partial charge in [-0.15, -0.1) is 0 Å². The number of ether oxygens (including phenoxy) is 1. The number of sulfone groups is 1. The summed E-state index contributed by atoms with van der Waals surface area (Å²) in [5.41, 5.74) is -1.39. The second-order valence-corrected chi connectivity index (χ2v) is 17.9. The van der Waals surface area contributed by atoms with Gasteiger partial charge >= 0.3 is 5.69 Å². The standard InChI is InChI=1S/C22H32N2O6SSi/c1-15-13-24(20(27)23-19(15)26)18-12-17(32(5,6)21(2,3)4)22(14-25,30-18)31(28,29)16-10-8-7-9-11-16/h7-11,13,17-18,25H,12,14H2,1-6H3,(H,23,26,27)/t17-,18+,22+/m0/s1. The van der Waals surface area contributed by atoms with Crippen LogP contribution < -0.4 is 11.2 Å². The third kappa shape index (κ3) is 3.72. The first-order valence-corrected chi connectivity index (χ1v) is 15.2. The third-order valence-electron chi connectivity index (χ3n) is 7.29. The number of aliphatic hydroxyl groups excluding tert-OH is 1. The number of aromatic amines is 1. The summed E-state index contributed by atoms with van der Waals surface area (Å²) in [5.74, 6) is 0. The summed E-state index contributed by atoms with van der Waals surface area (Å²) < 4.78 is 35.3. The first-order valence-electron chi connectivity index (χ1n) is 10.6. The Labute approximate surface area is 189 Å². The Kier molecular flexibility index (Phi) is 6.22. The molecule has 0 saturated carbocycles. The van der Waals surface area contributed by atoms with Gasteiger partial charge in [0.15, 0.2) is 4.93 Å². The molecule has 1 aliphatic heterocycles. The normalized spacial score (nSPS) is 24.6. The molecule has 1 fully saturated rings. The molecule has 2 heterocycles. The van der Waals surface area contributed by atoms with Gasteiger partial charge in [0.1, 0.15) is 6.23 Å². The number of H-pyrrole nitrogens is 1. The molecule has 1 aliphatic rings. The zero-order valence-electron chi connectivity index (χ0n) is 19.4. The molecule has 3 atom stereocenters. The number of nitrogens with one attached hydrogen (secondary N) is 1. The number of rotatable bonds is 5. The molecule has 10 heteroatoms. The van der Waals surface area contributed by atoms with Gasteiger partial charge in [-0.25, -0.2) is 13.2 Å². The minimum absolute atomic E-state index is 0.0587. The predicted octanol–water partition coefficient (Wildman–Crippen LogP) is 2.81. The smallest absolute Gasteiger partial charge is 0.330 e. The van der Waals surface area contributed by atoms with E-state index in [9.17, 15) is 23.1 Å². The number of nitrogens with zero attached hydrogens (tertiary/aromatic N) is 1. The average molecular weight is 481 g/mol. The monoisotopic (exact) mass is 480 g/mol. The van der Waals surface area contributed by atoms with Crippen molar-refractivity contribution < 1.29 is 18.3 Å². The van der Waals surface area contributed by atoms with Crippen LogP contribution in [0.25, 0.3) is 0 Å². The van der Waals surface area contributed by atoms with Gasteiger partial charge < -0.3 is 9.84 Å². The minimum Gasteiger partial charge on any atom is -0.392 e. The number of aliphatic hydroxyl groups is 1. The van der Waals surface area contributed by atoms with Gasteiger partial charge in [-0.05, 0) is 30.5 Å². The minimum atomic E-state index is -4.14. The fraction of sp³-hybridized carbons (Fsp3) is 0.545. The molecule has 176 valence electrons. The van der Waals surface area contributed by atoms with Crippen LogP contribution in [-0.4, -0.2) is 42.7 Å². The average Bonchev–Trinajstić information content (AvgIpc) is 3.12. The number of benzene rings is 1. The first-order chi connectivity index (χ1) is 14.7. The molecule has 0 radical (unpaired) electrons. The highest BCUT2D eigenvalue weighted by molar-refractivity contribution is 7.92. The van der Waals surface area contributed by atoms with Crippen LogP contribution in [0.1, 0.15) is 39.0 Å². The van der Waals surface area contributed by atoms with Crippen LogP contribution in [0.2, 0.25) is 23.7 Å². The Bertz CT molecular complexity index is 1210. The van der Waals surface area contributed by atoms with Crippen LogP contribution in [-0.2, 0) is 14.6 Å². The molecule has 1 aromatic heterocycles. The van der Waals surface area contributed by atoms with Crippen LogP contribution in [0.5, 0.6) is 0 Å². The molecule has 0 amide bonds. The lowest BCUT2D eigenvalue weighted by molar-refractivity contribution is -0.0512. The van der Waals surface area contributed by atoms with Gasteiger partial charge in [0.2, 0.25) is 9.84 Å². The van der Waals surface area contributed by atoms with Gasteiger partial charge in [0.05, 0.1) is 19.6 Å². The summed E-state index contributed by atoms with van der Waals surface area (Å²) in [5, 5.41) is 10.4. The van der Waals surface area contributed by atoms with Crippen molar-refractivity contribution in [3.63, 3.8) is 0 Å². The highest BCUT2D eigenvalue weighted by atomic mass is 32.2. The van der Waals surface area contributed by atoms with Crippen molar-refractivity contribution in [2.45, 2.75) is 73.8 Å². The number of hydrogen-bond donors (Lipinski definition) is 2. The molecule has 1 saturated heterocycles. The molecule has 0 bridgehead atoms. The van der Waals surface area contributed by atoms with Crippen molar-refractivity contribution >= 4 is 17.9 Å². The highest BCUT2D eigenvalue weighted by Gasteiger charge is 2.65. The summed E-state index contributed by atoms with van der Waals surface area (Å²) in [4.78, 5) is 24.8. The molecule has 8 nitrogen and oxygen atoms in total. The van der Waals surface area contributed by atoms with Crippen molar-refractivity contribution in [1.82, 2.24) is 9.55 Å². The van der Waals surface area contributed by atoms with Crippen LogP contribution in [0, 0.1) is 6.92 Å². The van der Waals surface area contributed by atoms with E-state index < -0.39 is 52.5 Å². The largest absolute Gasteiger partial charge is 0.392 e. The Morgan fingerprint density at radius 3 is 2.34 bits per heavy atom. The second-order valence-electron chi connectivity index (χ2n) is 10.1. The molecule has 0 spiro atoms. The summed E-state index contributed by atoms with van der Waals surface area (Å²) in [6.45, 7) is 11.2. The maximum absolute atomic E-state index is 13.9. The Balaban J connectivity index is 2.26. The quantitative estimate of drug-likeness (QED) is 0.635. The van der Waals surface area contributed by atoms with Gasteiger partial charge in [0, 0.05) is 17.3 Å². The van der Waals surface area contributed by atoms with Crippen molar-refractivity contribution in [3.8, 4) is 0 Å². The number of hydrogen-bond acceptors (Lipinski definition) is 6. The lowest BCUT2D eigenvalue weighted by atomic mass is 10.2. The molecule has 32 heavy (non-hydrogen) atoms. The summed E-state index contributed by atoms with van der Waals surface area (Å²) in [7, 11) is -6.58. The van der Waals surface area contributed by atoms with Crippen molar-refractivity contribution in [2.75, 3.05) is 6.61 Å². The van der Waals surface area contributed by atoms with E-state index in [4.69, 9.17) is 4.74 Å². The van der Waals surface area contributed by atoms with Crippen molar-refractivity contribution in [2.24, 2.45) is 0 Å². The highest BCUT2D eigenvalue weighted by Crippen LogP contribution is 2.59. The topological polar surface area (TPSA) is 118 Å². The van der Waals surface area contributed by atoms with Crippen molar-refractivity contribution in [3.05, 3.63) is 62.9 Å². The lowest BCUT2D eigenvalue weighted by Crippen LogP contribution is -2.56. The van der Waals surface area contributed by atoms with E-state index >= 15 is 0 Å². The van der Waals surface area contributed by atoms with E-state index in [1.54, 1.807) is 25.1 Å². The van der Waals surface area contributed by atoms with Gasteiger partial charge in [-0.3, -0.25) is 14.3 Å². The third-order valence-corrected chi connectivity index (χ3v) is 16.1. The maximum atomic E-state index is 13.9. The zero-order valence-corrected chi connectivity index (χ0v) is 21.2. The van der Waals surface area contributed by atoms with Crippen LogP contribution >= 0.6 is 0 Å². The SMILES string of the molecule is Cc1cn([C@H]2C[C@H]([Si](C)(C)C(C)(C)C)[C@@](CO)(S(=O)(=O)c3ccccc3)O2)c(=O)[nH]c1=O. The van der Waals surface area contributed by atoms with Crippen LogP contribution in [0.15, 0.2) is 51.0 Å². The zero-order chi connectivity index (χ0) is 24.1. The lowest BCUT2D eigenvalue weighted by Gasteiger charge is -2.47. The summed E-state index contributed by atoms with van der Waals surface area (Å²) >= 11 is 0. The van der Waals surface area contributed by atoms with E-state index in [1.165, 1.54) is 22.9 Å². The molecule has 0 unspecified atom stereocenters. The number of aryl methyl sites for hydroxylation is 1. The maximum Gasteiger partial charge on any atom is 0.330 e. The Hall–Kier alpha value is -2.01. The molecule has 2 N–H and O–H groups in total. The van der Waals surface area contributed by atoms with E-state index in [2.05, 4.69) is 38.8 Å². The summed E-state index contributed by atoms with van der Waals surface area (Å²) in [6.07, 6.45) is 0.675. The van der Waals surface area contributed by atoms with Crippen LogP contribution in [0.3, 0.4) is 0 Å². The van der Waals surface area contributed by atoms with E-state index in [-0.39, 0.29) is 16.4 Å². The summed E-state index contributed by atoms with van der Waals surface area (Å²) in [6, 6.07) is 7.95. The predicted molar refractivity (Wildman–Crippen MR) is 125 cm³/mol. The molecule has 0 aliphatic carbocycles. The molecule has 2 aromatic rings.